The fourth-order valence-corrected chi connectivity index (χ4v) is 1.23. The Morgan fingerprint density at radius 2 is 2.00 bits per heavy atom. The van der Waals surface area contributed by atoms with Gasteiger partial charge in [0.25, 0.3) is 0 Å². The van der Waals surface area contributed by atoms with Gasteiger partial charge in [0, 0.05) is 6.61 Å². The number of carbonyl (C=O) groups excluding carboxylic acids is 2. The minimum Gasteiger partial charge on any atom is -0.459 e. The first-order valence-electron chi connectivity index (χ1n) is 6.65. The first kappa shape index (κ1) is 17.1. The van der Waals surface area contributed by atoms with Gasteiger partial charge in [-0.05, 0) is 26.0 Å². The van der Waals surface area contributed by atoms with Crippen LogP contribution < -0.4 is 0 Å². The van der Waals surface area contributed by atoms with Gasteiger partial charge in [-0.1, -0.05) is 12.7 Å². The third kappa shape index (κ3) is 6.87. The van der Waals surface area contributed by atoms with Crippen LogP contribution >= 0.6 is 0 Å². The van der Waals surface area contributed by atoms with E-state index in [9.17, 15) is 9.59 Å². The zero-order chi connectivity index (χ0) is 15.7. The van der Waals surface area contributed by atoms with Gasteiger partial charge < -0.3 is 18.9 Å². The third-order valence-corrected chi connectivity index (χ3v) is 2.55. The van der Waals surface area contributed by atoms with E-state index in [4.69, 9.17) is 18.9 Å². The molecule has 116 valence electrons. The molecule has 0 saturated carbocycles. The monoisotopic (exact) mass is 296 g/mol. The summed E-state index contributed by atoms with van der Waals surface area (Å²) in [5.74, 6) is -1.07. The van der Waals surface area contributed by atoms with Crippen LogP contribution in [0.1, 0.15) is 13.8 Å². The van der Waals surface area contributed by atoms with E-state index in [1.54, 1.807) is 19.9 Å². The summed E-state index contributed by atoms with van der Waals surface area (Å²) in [6, 6.07) is 0. The largest absolute Gasteiger partial charge is 0.459 e. The van der Waals surface area contributed by atoms with Gasteiger partial charge in [-0.25, -0.2) is 9.59 Å². The Morgan fingerprint density at radius 3 is 2.57 bits per heavy atom. The van der Waals surface area contributed by atoms with Gasteiger partial charge in [-0.2, -0.15) is 0 Å². The lowest BCUT2D eigenvalue weighted by molar-refractivity contribution is -0.150. The van der Waals surface area contributed by atoms with E-state index in [1.807, 2.05) is 0 Å². The van der Waals surface area contributed by atoms with Crippen LogP contribution in [0, 0.1) is 0 Å². The SMILES string of the molecule is C=C(/C=C\C(=C/C)C(=O)OCC1CO1)C(=O)OCOCC. The van der Waals surface area contributed by atoms with E-state index < -0.39 is 11.9 Å². The maximum absolute atomic E-state index is 11.7. The molecule has 1 unspecified atom stereocenters. The van der Waals surface area contributed by atoms with Crippen LogP contribution in [0.25, 0.3) is 0 Å². The number of rotatable bonds is 9. The second-order valence-corrected chi connectivity index (χ2v) is 4.20. The zero-order valence-corrected chi connectivity index (χ0v) is 12.3. The van der Waals surface area contributed by atoms with Crippen molar-refractivity contribution >= 4 is 11.9 Å². The van der Waals surface area contributed by atoms with Gasteiger partial charge >= 0.3 is 11.9 Å². The highest BCUT2D eigenvalue weighted by Gasteiger charge is 2.24. The molecule has 0 N–H and O–H groups in total. The molecule has 0 aliphatic carbocycles. The summed E-state index contributed by atoms with van der Waals surface area (Å²) >= 11 is 0. The van der Waals surface area contributed by atoms with Gasteiger partial charge in [0.2, 0.25) is 0 Å². The van der Waals surface area contributed by atoms with Crippen molar-refractivity contribution in [1.29, 1.82) is 0 Å². The maximum Gasteiger partial charge on any atom is 0.339 e. The summed E-state index contributed by atoms with van der Waals surface area (Å²) in [6.45, 7) is 8.25. The molecule has 1 heterocycles. The Bertz CT molecular complexity index is 445. The molecule has 0 radical (unpaired) electrons. The molecule has 0 aromatic carbocycles. The van der Waals surface area contributed by atoms with Crippen molar-refractivity contribution < 1.29 is 28.5 Å². The molecule has 1 aliphatic heterocycles. The topological polar surface area (TPSA) is 74.4 Å². The Balaban J connectivity index is 2.41. The van der Waals surface area contributed by atoms with E-state index in [0.29, 0.717) is 18.8 Å². The maximum atomic E-state index is 11.7. The molecule has 21 heavy (non-hydrogen) atoms. The molecule has 0 amide bonds. The Morgan fingerprint density at radius 1 is 1.29 bits per heavy atom. The number of ether oxygens (including phenoxy) is 4. The van der Waals surface area contributed by atoms with E-state index in [2.05, 4.69) is 6.58 Å². The summed E-state index contributed by atoms with van der Waals surface area (Å²) in [7, 11) is 0. The normalized spacial score (nSPS) is 17.6. The molecule has 1 fully saturated rings. The Hall–Kier alpha value is -1.92. The average Bonchev–Trinajstić information content (AvgIpc) is 3.29. The highest BCUT2D eigenvalue weighted by molar-refractivity contribution is 5.94. The van der Waals surface area contributed by atoms with Crippen LogP contribution in [-0.2, 0) is 28.5 Å². The molecule has 0 bridgehead atoms. The second-order valence-electron chi connectivity index (χ2n) is 4.20. The Kier molecular flexibility index (Phi) is 7.42. The molecule has 0 aromatic heterocycles. The number of hydrogen-bond donors (Lipinski definition) is 0. The smallest absolute Gasteiger partial charge is 0.339 e. The van der Waals surface area contributed by atoms with Crippen molar-refractivity contribution in [2.45, 2.75) is 20.0 Å². The summed E-state index contributed by atoms with van der Waals surface area (Å²) in [4.78, 5) is 23.2. The van der Waals surface area contributed by atoms with Crippen molar-refractivity contribution in [3.8, 4) is 0 Å². The number of carbonyl (C=O) groups is 2. The average molecular weight is 296 g/mol. The number of allylic oxidation sites excluding steroid dienone is 1. The summed E-state index contributed by atoms with van der Waals surface area (Å²) in [5, 5.41) is 0. The number of hydrogen-bond acceptors (Lipinski definition) is 6. The molecular weight excluding hydrogens is 276 g/mol. The van der Waals surface area contributed by atoms with Gasteiger partial charge in [0.1, 0.15) is 12.7 Å². The molecule has 1 saturated heterocycles. The van der Waals surface area contributed by atoms with Gasteiger partial charge in [-0.3, -0.25) is 0 Å². The molecule has 6 heteroatoms. The fraction of sp³-hybridized carbons (Fsp3) is 0.467. The first-order chi connectivity index (χ1) is 10.1. The quantitative estimate of drug-likeness (QED) is 0.160. The van der Waals surface area contributed by atoms with Crippen molar-refractivity contribution in [2.75, 3.05) is 26.6 Å². The standard InChI is InChI=1S/C15H20O6/c1-4-12(15(17)20-9-13-8-19-13)7-6-11(3)14(16)21-10-18-5-2/h4,6-7,13H,3,5,8-10H2,1-2H3/b7-6-,12-4+. The van der Waals surface area contributed by atoms with E-state index in [0.717, 1.165) is 0 Å². The minimum absolute atomic E-state index is 0.0135. The zero-order valence-electron chi connectivity index (χ0n) is 12.3. The summed E-state index contributed by atoms with van der Waals surface area (Å²) in [6.07, 6.45) is 4.46. The highest BCUT2D eigenvalue weighted by atomic mass is 16.7. The number of epoxide rings is 1. The van der Waals surface area contributed by atoms with Crippen LogP contribution in [0.3, 0.4) is 0 Å². The predicted octanol–water partition coefficient (Wildman–Crippen LogP) is 1.52. The van der Waals surface area contributed by atoms with E-state index >= 15 is 0 Å². The highest BCUT2D eigenvalue weighted by Crippen LogP contribution is 2.11. The van der Waals surface area contributed by atoms with Crippen molar-refractivity contribution in [1.82, 2.24) is 0 Å². The van der Waals surface area contributed by atoms with Crippen LogP contribution in [-0.4, -0.2) is 44.7 Å². The van der Waals surface area contributed by atoms with Crippen LogP contribution in [0.15, 0.2) is 36.0 Å². The fourth-order valence-electron chi connectivity index (χ4n) is 1.23. The Labute approximate surface area is 124 Å². The lowest BCUT2D eigenvalue weighted by Crippen LogP contribution is -2.12. The lowest BCUT2D eigenvalue weighted by Gasteiger charge is -2.05. The van der Waals surface area contributed by atoms with Gasteiger partial charge in [0.15, 0.2) is 6.79 Å². The molecule has 1 rings (SSSR count). The van der Waals surface area contributed by atoms with Gasteiger partial charge in [-0.15, -0.1) is 0 Å². The lowest BCUT2D eigenvalue weighted by atomic mass is 10.2. The second kappa shape index (κ2) is 9.10. The molecule has 1 atom stereocenters. The van der Waals surface area contributed by atoms with E-state index in [-0.39, 0.29) is 25.1 Å². The summed E-state index contributed by atoms with van der Waals surface area (Å²) < 4.78 is 19.7. The molecular formula is C15H20O6. The molecule has 1 aliphatic rings. The summed E-state index contributed by atoms with van der Waals surface area (Å²) in [5.41, 5.74) is 0.446. The first-order valence-corrected chi connectivity index (χ1v) is 6.65. The van der Waals surface area contributed by atoms with E-state index in [1.165, 1.54) is 12.2 Å². The van der Waals surface area contributed by atoms with Crippen LogP contribution in [0.2, 0.25) is 0 Å². The molecule has 0 aromatic rings. The molecule has 6 nitrogen and oxygen atoms in total. The van der Waals surface area contributed by atoms with Gasteiger partial charge in [0.05, 0.1) is 17.8 Å². The minimum atomic E-state index is -0.602. The van der Waals surface area contributed by atoms with Crippen molar-refractivity contribution in [3.63, 3.8) is 0 Å². The third-order valence-electron chi connectivity index (χ3n) is 2.55. The predicted molar refractivity (Wildman–Crippen MR) is 75.3 cm³/mol. The molecule has 0 spiro atoms. The van der Waals surface area contributed by atoms with Crippen LogP contribution in [0.4, 0.5) is 0 Å². The van der Waals surface area contributed by atoms with Crippen LogP contribution in [0.5, 0.6) is 0 Å². The van der Waals surface area contributed by atoms with Crippen molar-refractivity contribution in [2.24, 2.45) is 0 Å². The van der Waals surface area contributed by atoms with Crippen molar-refractivity contribution in [3.05, 3.63) is 36.0 Å². The number of esters is 2.